The number of fused-ring (bicyclic) bond motifs is 1. The van der Waals surface area contributed by atoms with Crippen LogP contribution in [0.2, 0.25) is 0 Å². The average Bonchev–Trinajstić information content (AvgIpc) is 2.47. The molecule has 0 radical (unpaired) electrons. The lowest BCUT2D eigenvalue weighted by molar-refractivity contribution is 0.122. The van der Waals surface area contributed by atoms with Crippen molar-refractivity contribution in [1.82, 2.24) is 19.9 Å². The molecule has 0 amide bonds. The number of morpholine rings is 1. The van der Waals surface area contributed by atoms with E-state index in [-0.39, 0.29) is 0 Å². The van der Waals surface area contributed by atoms with Crippen LogP contribution in [0.3, 0.4) is 0 Å². The van der Waals surface area contributed by atoms with E-state index in [1.807, 2.05) is 0 Å². The molecule has 0 aromatic carbocycles. The number of nitrogens with zero attached hydrogens (tertiary/aromatic N) is 5. The van der Waals surface area contributed by atoms with Crippen LogP contribution in [-0.2, 0) is 4.74 Å². The van der Waals surface area contributed by atoms with Gasteiger partial charge in [-0.1, -0.05) is 0 Å². The summed E-state index contributed by atoms with van der Waals surface area (Å²) >= 11 is 0. The largest absolute Gasteiger partial charge is 0.480 e. The lowest BCUT2D eigenvalue weighted by atomic mass is 10.3. The van der Waals surface area contributed by atoms with Crippen LogP contribution in [0.15, 0.2) is 12.5 Å². The maximum Gasteiger partial charge on any atom is 0.232 e. The number of rotatable bonds is 2. The third kappa shape index (κ3) is 1.92. The second-order valence-corrected chi connectivity index (χ2v) is 3.88. The molecule has 1 saturated heterocycles. The first-order valence-corrected chi connectivity index (χ1v) is 5.73. The maximum atomic E-state index is 5.33. The molecule has 7 heteroatoms. The molecule has 3 heterocycles. The van der Waals surface area contributed by atoms with Crippen molar-refractivity contribution in [2.24, 2.45) is 0 Å². The van der Waals surface area contributed by atoms with Crippen molar-refractivity contribution in [3.8, 4) is 5.88 Å². The number of methoxy groups -OCH3 is 1. The van der Waals surface area contributed by atoms with Crippen molar-refractivity contribution in [3.63, 3.8) is 0 Å². The first-order chi connectivity index (χ1) is 8.88. The maximum absolute atomic E-state index is 5.33. The van der Waals surface area contributed by atoms with Crippen LogP contribution in [0.1, 0.15) is 0 Å². The van der Waals surface area contributed by atoms with Gasteiger partial charge in [0.25, 0.3) is 0 Å². The quantitative estimate of drug-likeness (QED) is 0.753. The zero-order valence-electron chi connectivity index (χ0n) is 10.0. The predicted molar refractivity (Wildman–Crippen MR) is 64.7 cm³/mol. The summed E-state index contributed by atoms with van der Waals surface area (Å²) < 4.78 is 10.4. The number of ether oxygens (including phenoxy) is 2. The number of hydrogen-bond acceptors (Lipinski definition) is 7. The second kappa shape index (κ2) is 4.69. The van der Waals surface area contributed by atoms with Gasteiger partial charge in [0.1, 0.15) is 6.33 Å². The average molecular weight is 247 g/mol. The van der Waals surface area contributed by atoms with Crippen molar-refractivity contribution in [3.05, 3.63) is 12.5 Å². The molecule has 1 aliphatic rings. The Morgan fingerprint density at radius 2 is 2.06 bits per heavy atom. The van der Waals surface area contributed by atoms with Gasteiger partial charge >= 0.3 is 0 Å². The second-order valence-electron chi connectivity index (χ2n) is 3.88. The first-order valence-electron chi connectivity index (χ1n) is 5.73. The van der Waals surface area contributed by atoms with Crippen LogP contribution in [0.5, 0.6) is 5.88 Å². The van der Waals surface area contributed by atoms with Gasteiger partial charge in [-0.15, -0.1) is 0 Å². The molecule has 2 aromatic rings. The van der Waals surface area contributed by atoms with Gasteiger partial charge in [0.2, 0.25) is 5.88 Å². The minimum atomic E-state index is 0.465. The van der Waals surface area contributed by atoms with Crippen LogP contribution in [-0.4, -0.2) is 53.3 Å². The lowest BCUT2D eigenvalue weighted by Gasteiger charge is -2.27. The molecule has 3 rings (SSSR count). The van der Waals surface area contributed by atoms with Crippen molar-refractivity contribution < 1.29 is 9.47 Å². The smallest absolute Gasteiger partial charge is 0.232 e. The molecule has 18 heavy (non-hydrogen) atoms. The van der Waals surface area contributed by atoms with E-state index in [2.05, 4.69) is 24.8 Å². The summed E-state index contributed by atoms with van der Waals surface area (Å²) in [6, 6.07) is 0. The molecule has 0 N–H and O–H groups in total. The summed E-state index contributed by atoms with van der Waals surface area (Å²) in [6.45, 7) is 2.99. The van der Waals surface area contributed by atoms with E-state index in [4.69, 9.17) is 9.47 Å². The monoisotopic (exact) mass is 247 g/mol. The third-order valence-electron chi connectivity index (χ3n) is 2.82. The topological polar surface area (TPSA) is 73.3 Å². The van der Waals surface area contributed by atoms with Gasteiger partial charge in [0.15, 0.2) is 17.0 Å². The van der Waals surface area contributed by atoms with E-state index in [1.165, 1.54) is 6.33 Å². The Bertz CT molecular complexity index is 556. The van der Waals surface area contributed by atoms with Gasteiger partial charge in [-0.25, -0.2) is 19.9 Å². The minimum Gasteiger partial charge on any atom is -0.480 e. The molecule has 1 aliphatic heterocycles. The fourth-order valence-electron chi connectivity index (χ4n) is 1.92. The Kier molecular flexibility index (Phi) is 2.89. The van der Waals surface area contributed by atoms with E-state index < -0.39 is 0 Å². The van der Waals surface area contributed by atoms with Gasteiger partial charge in [-0.05, 0) is 0 Å². The Morgan fingerprint density at radius 3 is 2.83 bits per heavy atom. The van der Waals surface area contributed by atoms with E-state index in [0.29, 0.717) is 30.3 Å². The van der Waals surface area contributed by atoms with Gasteiger partial charge < -0.3 is 14.4 Å². The molecule has 0 atom stereocenters. The summed E-state index contributed by atoms with van der Waals surface area (Å²) in [5, 5.41) is 0. The molecule has 2 aromatic heterocycles. The summed E-state index contributed by atoms with van der Waals surface area (Å²) in [7, 11) is 1.56. The van der Waals surface area contributed by atoms with Gasteiger partial charge in [-0.3, -0.25) is 0 Å². The number of hydrogen-bond donors (Lipinski definition) is 0. The molecule has 0 saturated carbocycles. The molecule has 0 bridgehead atoms. The van der Waals surface area contributed by atoms with Gasteiger partial charge in [0.05, 0.1) is 26.5 Å². The Morgan fingerprint density at radius 1 is 1.22 bits per heavy atom. The minimum absolute atomic E-state index is 0.465. The lowest BCUT2D eigenvalue weighted by Crippen LogP contribution is -2.37. The molecular formula is C11H13N5O2. The zero-order valence-corrected chi connectivity index (χ0v) is 10.0. The van der Waals surface area contributed by atoms with E-state index in [0.717, 1.165) is 18.9 Å². The van der Waals surface area contributed by atoms with Gasteiger partial charge in [0, 0.05) is 13.1 Å². The molecule has 1 fully saturated rings. The highest BCUT2D eigenvalue weighted by Crippen LogP contribution is 2.22. The Balaban J connectivity index is 2.09. The molecule has 0 aliphatic carbocycles. The normalized spacial score (nSPS) is 15.9. The fraction of sp³-hybridized carbons (Fsp3) is 0.455. The molecule has 7 nitrogen and oxygen atoms in total. The molecule has 94 valence electrons. The molecule has 0 spiro atoms. The van der Waals surface area contributed by atoms with E-state index in [1.54, 1.807) is 13.3 Å². The van der Waals surface area contributed by atoms with E-state index in [9.17, 15) is 0 Å². The van der Waals surface area contributed by atoms with Crippen molar-refractivity contribution in [2.45, 2.75) is 0 Å². The Hall–Kier alpha value is -2.02. The Labute approximate surface area is 104 Å². The zero-order chi connectivity index (χ0) is 12.4. The third-order valence-corrected chi connectivity index (χ3v) is 2.82. The summed E-state index contributed by atoms with van der Waals surface area (Å²) in [5.41, 5.74) is 1.24. The summed E-state index contributed by atoms with van der Waals surface area (Å²) in [5.74, 6) is 1.25. The SMILES string of the molecule is COc1cnc2ncnc(N3CCOCC3)c2n1. The van der Waals surface area contributed by atoms with E-state index >= 15 is 0 Å². The standard InChI is InChI=1S/C11H13N5O2/c1-17-8-6-12-10-9(15-8)11(14-7-13-10)16-2-4-18-5-3-16/h6-7H,2-5H2,1H3. The molecular weight excluding hydrogens is 234 g/mol. The van der Waals surface area contributed by atoms with Crippen molar-refractivity contribution >= 4 is 17.0 Å². The first kappa shape index (κ1) is 11.1. The van der Waals surface area contributed by atoms with Crippen LogP contribution in [0, 0.1) is 0 Å². The number of aromatic nitrogens is 4. The summed E-state index contributed by atoms with van der Waals surface area (Å²) in [6.07, 6.45) is 3.06. The van der Waals surface area contributed by atoms with Crippen LogP contribution >= 0.6 is 0 Å². The number of anilines is 1. The van der Waals surface area contributed by atoms with Crippen molar-refractivity contribution in [2.75, 3.05) is 38.3 Å². The van der Waals surface area contributed by atoms with Crippen LogP contribution in [0.25, 0.3) is 11.2 Å². The predicted octanol–water partition coefficient (Wildman–Crippen LogP) is 0.265. The molecule has 0 unspecified atom stereocenters. The van der Waals surface area contributed by atoms with Crippen LogP contribution < -0.4 is 9.64 Å². The van der Waals surface area contributed by atoms with Gasteiger partial charge in [-0.2, -0.15) is 0 Å². The van der Waals surface area contributed by atoms with Crippen LogP contribution in [0.4, 0.5) is 5.82 Å². The highest BCUT2D eigenvalue weighted by Gasteiger charge is 2.17. The highest BCUT2D eigenvalue weighted by molar-refractivity contribution is 5.82. The van der Waals surface area contributed by atoms with Crippen molar-refractivity contribution in [1.29, 1.82) is 0 Å². The summed E-state index contributed by atoms with van der Waals surface area (Å²) in [4.78, 5) is 19.1. The highest BCUT2D eigenvalue weighted by atomic mass is 16.5. The fourth-order valence-corrected chi connectivity index (χ4v) is 1.92.